The van der Waals surface area contributed by atoms with Gasteiger partial charge >= 0.3 is 5.97 Å². The lowest BCUT2D eigenvalue weighted by atomic mass is 9.84. The van der Waals surface area contributed by atoms with E-state index in [1.54, 1.807) is 0 Å². The number of nitrogens with one attached hydrogen (secondary N) is 1. The molecule has 1 rings (SSSR count). The van der Waals surface area contributed by atoms with Gasteiger partial charge in [-0.25, -0.2) is 0 Å². The number of rotatable bonds is 3. The van der Waals surface area contributed by atoms with Crippen LogP contribution in [-0.2, 0) is 14.3 Å². The molecule has 4 nitrogen and oxygen atoms in total. The Morgan fingerprint density at radius 2 is 2.00 bits per heavy atom. The molecule has 4 heteroatoms. The van der Waals surface area contributed by atoms with Gasteiger partial charge < -0.3 is 14.8 Å². The van der Waals surface area contributed by atoms with Gasteiger partial charge in [-0.3, -0.25) is 4.79 Å². The third-order valence-electron chi connectivity index (χ3n) is 2.88. The second-order valence-corrected chi connectivity index (χ2v) is 4.22. The van der Waals surface area contributed by atoms with E-state index in [4.69, 9.17) is 9.47 Å². The normalized spacial score (nSPS) is 36.3. The van der Waals surface area contributed by atoms with E-state index < -0.39 is 5.54 Å². The summed E-state index contributed by atoms with van der Waals surface area (Å²) in [6, 6.07) is 0. The van der Waals surface area contributed by atoms with Crippen molar-refractivity contribution in [2.24, 2.45) is 0 Å². The molecule has 0 aromatic carbocycles. The molecule has 15 heavy (non-hydrogen) atoms. The van der Waals surface area contributed by atoms with Crippen molar-refractivity contribution in [1.82, 2.24) is 5.32 Å². The van der Waals surface area contributed by atoms with Crippen LogP contribution in [0, 0.1) is 0 Å². The van der Waals surface area contributed by atoms with Crippen LogP contribution in [0.15, 0.2) is 0 Å². The molecule has 0 aromatic rings. The van der Waals surface area contributed by atoms with Crippen molar-refractivity contribution >= 4 is 5.97 Å². The number of hydrogen-bond acceptors (Lipinski definition) is 4. The monoisotopic (exact) mass is 215 g/mol. The second-order valence-electron chi connectivity index (χ2n) is 4.22. The molecule has 0 aliphatic carbocycles. The Bertz CT molecular complexity index is 220. The van der Waals surface area contributed by atoms with E-state index >= 15 is 0 Å². The highest BCUT2D eigenvalue weighted by Crippen LogP contribution is 2.29. The highest BCUT2D eigenvalue weighted by molar-refractivity contribution is 5.81. The van der Waals surface area contributed by atoms with Crippen LogP contribution in [0.1, 0.15) is 33.6 Å². The first-order valence-electron chi connectivity index (χ1n) is 5.55. The standard InChI is InChI=1S/C11H21NO3/c1-5-14-10(13)11(12-4)6-8(2)15-9(3)7-11/h8-9,12H,5-7H2,1-4H3. The summed E-state index contributed by atoms with van der Waals surface area (Å²) in [5, 5.41) is 3.11. The number of carbonyl (C=O) groups excluding carboxylic acids is 1. The van der Waals surface area contributed by atoms with Crippen LogP contribution >= 0.6 is 0 Å². The first-order valence-corrected chi connectivity index (χ1v) is 5.55. The Kier molecular flexibility index (Phi) is 4.11. The molecular formula is C11H21NO3. The number of carbonyl (C=O) groups is 1. The van der Waals surface area contributed by atoms with Crippen LogP contribution in [0.3, 0.4) is 0 Å². The molecule has 1 aliphatic heterocycles. The Labute approximate surface area is 91.3 Å². The average Bonchev–Trinajstić information content (AvgIpc) is 2.16. The minimum Gasteiger partial charge on any atom is -0.465 e. The fourth-order valence-electron chi connectivity index (χ4n) is 2.30. The van der Waals surface area contributed by atoms with Crippen LogP contribution in [-0.4, -0.2) is 37.4 Å². The molecule has 0 radical (unpaired) electrons. The van der Waals surface area contributed by atoms with Gasteiger partial charge in [-0.05, 0) is 27.8 Å². The Morgan fingerprint density at radius 1 is 1.47 bits per heavy atom. The first-order chi connectivity index (χ1) is 7.04. The van der Waals surface area contributed by atoms with Gasteiger partial charge in [-0.15, -0.1) is 0 Å². The zero-order valence-corrected chi connectivity index (χ0v) is 10.0. The maximum atomic E-state index is 11.9. The molecule has 0 amide bonds. The highest BCUT2D eigenvalue weighted by Gasteiger charge is 2.44. The smallest absolute Gasteiger partial charge is 0.326 e. The summed E-state index contributed by atoms with van der Waals surface area (Å²) >= 11 is 0. The Morgan fingerprint density at radius 3 is 2.40 bits per heavy atom. The van der Waals surface area contributed by atoms with Gasteiger partial charge in [0.05, 0.1) is 18.8 Å². The summed E-state index contributed by atoms with van der Waals surface area (Å²) in [4.78, 5) is 11.9. The van der Waals surface area contributed by atoms with Crippen molar-refractivity contribution < 1.29 is 14.3 Å². The largest absolute Gasteiger partial charge is 0.465 e. The predicted octanol–water partition coefficient (Wildman–Crippen LogP) is 1.10. The molecule has 0 spiro atoms. The molecule has 0 saturated carbocycles. The third kappa shape index (κ3) is 2.69. The number of likely N-dealkylation sites (N-methyl/N-ethyl adjacent to an activating group) is 1. The Balaban J connectivity index is 2.78. The van der Waals surface area contributed by atoms with Crippen molar-refractivity contribution in [3.05, 3.63) is 0 Å². The van der Waals surface area contributed by atoms with Gasteiger partial charge in [-0.2, -0.15) is 0 Å². The van der Waals surface area contributed by atoms with E-state index in [9.17, 15) is 4.79 Å². The van der Waals surface area contributed by atoms with Crippen LogP contribution in [0.2, 0.25) is 0 Å². The van der Waals surface area contributed by atoms with Gasteiger partial charge in [0, 0.05) is 12.8 Å². The molecule has 1 heterocycles. The lowest BCUT2D eigenvalue weighted by Crippen LogP contribution is -2.58. The molecular weight excluding hydrogens is 194 g/mol. The maximum Gasteiger partial charge on any atom is 0.326 e. The molecule has 0 bridgehead atoms. The van der Waals surface area contributed by atoms with Crippen LogP contribution in [0.5, 0.6) is 0 Å². The van der Waals surface area contributed by atoms with E-state index in [1.807, 2.05) is 27.8 Å². The zero-order chi connectivity index (χ0) is 11.5. The fraction of sp³-hybridized carbons (Fsp3) is 0.909. The Hall–Kier alpha value is -0.610. The van der Waals surface area contributed by atoms with E-state index in [0.717, 1.165) is 0 Å². The van der Waals surface area contributed by atoms with Crippen molar-refractivity contribution in [2.75, 3.05) is 13.7 Å². The summed E-state index contributed by atoms with van der Waals surface area (Å²) in [6.45, 7) is 6.22. The molecule has 2 unspecified atom stereocenters. The first kappa shape index (κ1) is 12.5. The second kappa shape index (κ2) is 4.94. The van der Waals surface area contributed by atoms with Gasteiger partial charge in [0.25, 0.3) is 0 Å². The fourth-order valence-corrected chi connectivity index (χ4v) is 2.30. The predicted molar refractivity (Wildman–Crippen MR) is 57.7 cm³/mol. The van der Waals surface area contributed by atoms with Gasteiger partial charge in [0.15, 0.2) is 0 Å². The van der Waals surface area contributed by atoms with Crippen molar-refractivity contribution in [3.8, 4) is 0 Å². The lowest BCUT2D eigenvalue weighted by Gasteiger charge is -2.40. The van der Waals surface area contributed by atoms with Crippen molar-refractivity contribution in [2.45, 2.75) is 51.4 Å². The molecule has 1 fully saturated rings. The maximum absolute atomic E-state index is 11.9. The van der Waals surface area contributed by atoms with Crippen LogP contribution < -0.4 is 5.32 Å². The van der Waals surface area contributed by atoms with Gasteiger partial charge in [-0.1, -0.05) is 0 Å². The summed E-state index contributed by atoms with van der Waals surface area (Å²) < 4.78 is 10.7. The van der Waals surface area contributed by atoms with Crippen LogP contribution in [0.4, 0.5) is 0 Å². The SMILES string of the molecule is CCOC(=O)C1(NC)CC(C)OC(C)C1. The van der Waals surface area contributed by atoms with Crippen molar-refractivity contribution in [3.63, 3.8) is 0 Å². The third-order valence-corrected chi connectivity index (χ3v) is 2.88. The summed E-state index contributed by atoms with van der Waals surface area (Å²) in [5.41, 5.74) is -0.562. The van der Waals surface area contributed by atoms with Gasteiger partial charge in [0.1, 0.15) is 5.54 Å². The average molecular weight is 215 g/mol. The molecule has 2 atom stereocenters. The minimum absolute atomic E-state index is 0.0885. The number of hydrogen-bond donors (Lipinski definition) is 1. The highest BCUT2D eigenvalue weighted by atomic mass is 16.5. The molecule has 0 aromatic heterocycles. The van der Waals surface area contributed by atoms with E-state index in [0.29, 0.717) is 19.4 Å². The van der Waals surface area contributed by atoms with Gasteiger partial charge in [0.2, 0.25) is 0 Å². The zero-order valence-electron chi connectivity index (χ0n) is 10.0. The molecule has 88 valence electrons. The van der Waals surface area contributed by atoms with E-state index in [2.05, 4.69) is 5.32 Å². The molecule has 1 aliphatic rings. The number of esters is 1. The van der Waals surface area contributed by atoms with Crippen LogP contribution in [0.25, 0.3) is 0 Å². The summed E-state index contributed by atoms with van der Waals surface area (Å²) in [6.07, 6.45) is 1.52. The lowest BCUT2D eigenvalue weighted by molar-refractivity contribution is -0.161. The van der Waals surface area contributed by atoms with E-state index in [-0.39, 0.29) is 18.2 Å². The summed E-state index contributed by atoms with van der Waals surface area (Å²) in [5.74, 6) is -0.158. The summed E-state index contributed by atoms with van der Waals surface area (Å²) in [7, 11) is 1.81. The number of ether oxygens (including phenoxy) is 2. The quantitative estimate of drug-likeness (QED) is 0.716. The molecule has 1 saturated heterocycles. The minimum atomic E-state index is -0.562. The van der Waals surface area contributed by atoms with Crippen molar-refractivity contribution in [1.29, 1.82) is 0 Å². The van der Waals surface area contributed by atoms with E-state index in [1.165, 1.54) is 0 Å². The molecule has 1 N–H and O–H groups in total. The topological polar surface area (TPSA) is 47.6 Å².